The fraction of sp³-hybridized carbons (Fsp3) is 0.421. The Labute approximate surface area is 158 Å². The molecule has 1 aromatic heterocycles. The van der Waals surface area contributed by atoms with Crippen LogP contribution in [0.5, 0.6) is 0 Å². The topological polar surface area (TPSA) is 85.7 Å². The third-order valence-corrected chi connectivity index (χ3v) is 4.74. The first-order chi connectivity index (χ1) is 13.1. The van der Waals surface area contributed by atoms with Gasteiger partial charge in [0.15, 0.2) is 6.10 Å². The van der Waals surface area contributed by atoms with E-state index in [0.717, 1.165) is 18.4 Å². The summed E-state index contributed by atoms with van der Waals surface area (Å²) in [5, 5.41) is 7.28. The zero-order valence-corrected chi connectivity index (χ0v) is 15.5. The molecule has 0 radical (unpaired) electrons. The zero-order valence-electron chi connectivity index (χ0n) is 15.5. The highest BCUT2D eigenvalue weighted by molar-refractivity contribution is 5.94. The highest BCUT2D eigenvalue weighted by Gasteiger charge is 2.27. The number of nitrogens with zero attached hydrogens (tertiary/aromatic N) is 3. The number of benzene rings is 1. The second-order valence-electron chi connectivity index (χ2n) is 6.36. The Morgan fingerprint density at radius 1 is 1.15 bits per heavy atom. The van der Waals surface area contributed by atoms with E-state index in [1.165, 1.54) is 14.2 Å². The van der Waals surface area contributed by atoms with Crippen molar-refractivity contribution in [2.45, 2.75) is 25.0 Å². The molecule has 0 aliphatic carbocycles. The van der Waals surface area contributed by atoms with Crippen molar-refractivity contribution in [1.29, 1.82) is 0 Å². The average Bonchev–Trinajstić information content (AvgIpc) is 3.17. The van der Waals surface area contributed by atoms with Crippen LogP contribution in [0, 0.1) is 0 Å². The molecule has 0 spiro atoms. The number of rotatable bonds is 5. The number of carbonyl (C=O) groups excluding carboxylic acids is 2. The minimum Gasteiger partial charge on any atom is -0.453 e. The van der Waals surface area contributed by atoms with E-state index in [9.17, 15) is 9.59 Å². The van der Waals surface area contributed by atoms with Gasteiger partial charge in [0, 0.05) is 26.3 Å². The lowest BCUT2D eigenvalue weighted by Gasteiger charge is -2.31. The number of hydrogen-bond donors (Lipinski definition) is 1. The fourth-order valence-electron chi connectivity index (χ4n) is 3.34. The maximum absolute atomic E-state index is 12.7. The Kier molecular flexibility index (Phi) is 6.08. The van der Waals surface area contributed by atoms with E-state index in [-0.39, 0.29) is 18.0 Å². The van der Waals surface area contributed by atoms with Crippen LogP contribution in [-0.2, 0) is 14.3 Å². The second-order valence-corrected chi connectivity index (χ2v) is 6.36. The number of anilines is 1. The van der Waals surface area contributed by atoms with Crippen molar-refractivity contribution >= 4 is 17.8 Å². The van der Waals surface area contributed by atoms with Gasteiger partial charge in [0.25, 0.3) is 5.91 Å². The van der Waals surface area contributed by atoms with Crippen molar-refractivity contribution in [3.63, 3.8) is 0 Å². The molecule has 3 rings (SSSR count). The number of aromatic nitrogens is 2. The van der Waals surface area contributed by atoms with E-state index in [1.807, 2.05) is 35.0 Å². The maximum atomic E-state index is 12.7. The number of amides is 2. The lowest BCUT2D eigenvalue weighted by atomic mass is 10.1. The van der Waals surface area contributed by atoms with Gasteiger partial charge in [-0.15, -0.1) is 0 Å². The Balaban J connectivity index is 1.67. The van der Waals surface area contributed by atoms with Gasteiger partial charge in [-0.3, -0.25) is 4.79 Å². The first-order valence-corrected chi connectivity index (χ1v) is 8.89. The molecular weight excluding hydrogens is 348 g/mol. The largest absolute Gasteiger partial charge is 0.453 e. The minimum absolute atomic E-state index is 0.105. The Morgan fingerprint density at radius 3 is 2.48 bits per heavy atom. The first-order valence-electron chi connectivity index (χ1n) is 8.89. The molecule has 2 aromatic rings. The predicted molar refractivity (Wildman–Crippen MR) is 99.3 cm³/mol. The Bertz CT molecular complexity index is 769. The van der Waals surface area contributed by atoms with Gasteiger partial charge < -0.3 is 19.7 Å². The van der Waals surface area contributed by atoms with Gasteiger partial charge >= 0.3 is 6.09 Å². The van der Waals surface area contributed by atoms with Gasteiger partial charge in [0.2, 0.25) is 0 Å². The van der Waals surface area contributed by atoms with Crippen LogP contribution in [0.3, 0.4) is 0 Å². The van der Waals surface area contributed by atoms with Crippen LogP contribution in [0.2, 0.25) is 0 Å². The molecule has 1 aliphatic rings. The van der Waals surface area contributed by atoms with E-state index in [4.69, 9.17) is 9.47 Å². The standard InChI is InChI=1S/C19H24N4O4/c1-26-17(14-6-4-3-5-7-14)18(24)21-16-8-11-20-23(16)15-9-12-22(13-10-15)19(25)27-2/h3-8,11,15,17H,9-10,12-13H2,1-2H3,(H,21,24). The van der Waals surface area contributed by atoms with Gasteiger partial charge in [0.05, 0.1) is 19.3 Å². The van der Waals surface area contributed by atoms with Crippen molar-refractivity contribution in [2.24, 2.45) is 0 Å². The van der Waals surface area contributed by atoms with E-state index >= 15 is 0 Å². The summed E-state index contributed by atoms with van der Waals surface area (Å²) in [6.07, 6.45) is 2.13. The van der Waals surface area contributed by atoms with E-state index in [0.29, 0.717) is 18.9 Å². The summed E-state index contributed by atoms with van der Waals surface area (Å²) in [7, 11) is 2.89. The third-order valence-electron chi connectivity index (χ3n) is 4.74. The van der Waals surface area contributed by atoms with Crippen molar-refractivity contribution in [3.05, 3.63) is 48.2 Å². The van der Waals surface area contributed by atoms with Gasteiger partial charge in [-0.1, -0.05) is 30.3 Å². The molecule has 0 bridgehead atoms. The zero-order chi connectivity index (χ0) is 19.2. The van der Waals surface area contributed by atoms with Gasteiger partial charge in [-0.2, -0.15) is 5.10 Å². The van der Waals surface area contributed by atoms with Crippen molar-refractivity contribution in [2.75, 3.05) is 32.6 Å². The Morgan fingerprint density at radius 2 is 1.85 bits per heavy atom. The molecule has 27 heavy (non-hydrogen) atoms. The predicted octanol–water partition coefficient (Wildman–Crippen LogP) is 2.61. The summed E-state index contributed by atoms with van der Waals surface area (Å²) < 4.78 is 12.0. The molecule has 2 amide bonds. The molecule has 8 heteroatoms. The monoisotopic (exact) mass is 372 g/mol. The normalized spacial score (nSPS) is 16.0. The van der Waals surface area contributed by atoms with Crippen LogP contribution >= 0.6 is 0 Å². The number of likely N-dealkylation sites (tertiary alicyclic amines) is 1. The van der Waals surface area contributed by atoms with Gasteiger partial charge in [0.1, 0.15) is 5.82 Å². The molecular formula is C19H24N4O4. The lowest BCUT2D eigenvalue weighted by molar-refractivity contribution is -0.126. The van der Waals surface area contributed by atoms with Crippen LogP contribution in [0.1, 0.15) is 30.6 Å². The smallest absolute Gasteiger partial charge is 0.409 e. The minimum atomic E-state index is -0.698. The SMILES string of the molecule is COC(=O)N1CCC(n2nccc2NC(=O)C(OC)c2ccccc2)CC1. The van der Waals surface area contributed by atoms with Gasteiger partial charge in [-0.25, -0.2) is 9.48 Å². The molecule has 1 aliphatic heterocycles. The quantitative estimate of drug-likeness (QED) is 0.872. The van der Waals surface area contributed by atoms with Crippen LogP contribution in [0.25, 0.3) is 0 Å². The molecule has 8 nitrogen and oxygen atoms in total. The fourth-order valence-corrected chi connectivity index (χ4v) is 3.34. The van der Waals surface area contributed by atoms with Crippen molar-refractivity contribution in [3.8, 4) is 0 Å². The van der Waals surface area contributed by atoms with Gasteiger partial charge in [-0.05, 0) is 18.4 Å². The molecule has 1 atom stereocenters. The summed E-state index contributed by atoms with van der Waals surface area (Å²) >= 11 is 0. The van der Waals surface area contributed by atoms with E-state index in [1.54, 1.807) is 17.2 Å². The number of piperidine rings is 1. The highest BCUT2D eigenvalue weighted by Crippen LogP contribution is 2.26. The van der Waals surface area contributed by atoms with Crippen molar-refractivity contribution in [1.82, 2.24) is 14.7 Å². The number of carbonyl (C=O) groups is 2. The molecule has 0 saturated carbocycles. The summed E-state index contributed by atoms with van der Waals surface area (Å²) in [5.41, 5.74) is 0.787. The van der Waals surface area contributed by atoms with E-state index in [2.05, 4.69) is 10.4 Å². The number of methoxy groups -OCH3 is 2. The van der Waals surface area contributed by atoms with Crippen LogP contribution in [0.15, 0.2) is 42.6 Å². The number of hydrogen-bond acceptors (Lipinski definition) is 5. The number of ether oxygens (including phenoxy) is 2. The summed E-state index contributed by atoms with van der Waals surface area (Å²) in [6.45, 7) is 1.19. The molecule has 1 saturated heterocycles. The highest BCUT2D eigenvalue weighted by atomic mass is 16.5. The number of nitrogens with one attached hydrogen (secondary N) is 1. The molecule has 1 unspecified atom stereocenters. The molecule has 2 heterocycles. The summed E-state index contributed by atoms with van der Waals surface area (Å²) in [6, 6.07) is 11.2. The first kappa shape index (κ1) is 18.9. The van der Waals surface area contributed by atoms with Crippen molar-refractivity contribution < 1.29 is 19.1 Å². The maximum Gasteiger partial charge on any atom is 0.409 e. The van der Waals surface area contributed by atoms with Crippen LogP contribution < -0.4 is 5.32 Å². The molecule has 144 valence electrons. The molecule has 1 N–H and O–H groups in total. The average molecular weight is 372 g/mol. The second kappa shape index (κ2) is 8.68. The van der Waals surface area contributed by atoms with Crippen LogP contribution in [0.4, 0.5) is 10.6 Å². The molecule has 1 fully saturated rings. The summed E-state index contributed by atoms with van der Waals surface area (Å²) in [4.78, 5) is 26.0. The molecule has 1 aromatic carbocycles. The lowest BCUT2D eigenvalue weighted by Crippen LogP contribution is -2.39. The third kappa shape index (κ3) is 4.28. The Hall–Kier alpha value is -2.87. The van der Waals surface area contributed by atoms with E-state index < -0.39 is 6.10 Å². The van der Waals surface area contributed by atoms with Crippen LogP contribution in [-0.4, -0.2) is 54.0 Å². The summed E-state index contributed by atoms with van der Waals surface area (Å²) in [5.74, 6) is 0.368.